The molecule has 0 bridgehead atoms. The van der Waals surface area contributed by atoms with E-state index in [0.717, 1.165) is 50.2 Å². The van der Waals surface area contributed by atoms with Gasteiger partial charge in [-0.05, 0) is 67.0 Å². The zero-order valence-corrected chi connectivity index (χ0v) is 26.6. The molecule has 3 aliphatic heterocycles. The average molecular weight is 594 g/mol. The van der Waals surface area contributed by atoms with Gasteiger partial charge in [0.2, 0.25) is 11.8 Å². The first-order valence-corrected chi connectivity index (χ1v) is 18.6. The van der Waals surface area contributed by atoms with E-state index in [1.807, 2.05) is 21.9 Å². The van der Waals surface area contributed by atoms with Crippen LogP contribution in [-0.4, -0.2) is 88.0 Å². The molecule has 2 aromatic rings. The van der Waals surface area contributed by atoms with Crippen LogP contribution in [0.25, 0.3) is 0 Å². The maximum atomic E-state index is 13.5. The van der Waals surface area contributed by atoms with E-state index in [0.29, 0.717) is 25.4 Å². The standard InChI is InChI=1S/C33H47N3O5Si/c1-23-29(16-9-24-7-10-25(11-8-24)36-19-17-34-21-32(36)39)41-30(20-31(38)35-18-5-6-26(35)22-37)33(23)42(3,4)28-14-12-27(40-2)13-15-28/h7-8,10-15,23,26,29-30,33-34,37H,5-6,9,16-22H2,1-4H3/t23-,26+,29+,30-,33+/m1/s1. The first-order chi connectivity index (χ1) is 20.2. The topological polar surface area (TPSA) is 91.3 Å². The summed E-state index contributed by atoms with van der Waals surface area (Å²) < 4.78 is 12.2. The summed E-state index contributed by atoms with van der Waals surface area (Å²) in [4.78, 5) is 29.6. The fraction of sp³-hybridized carbons (Fsp3) is 0.576. The minimum absolute atomic E-state index is 0.0212. The minimum atomic E-state index is -2.07. The summed E-state index contributed by atoms with van der Waals surface area (Å²) in [6.45, 7) is 9.75. The number of anilines is 1. The van der Waals surface area contributed by atoms with Crippen LogP contribution in [0.1, 0.15) is 38.2 Å². The number of rotatable bonds is 10. The number of nitrogens with zero attached hydrogens (tertiary/aromatic N) is 2. The summed E-state index contributed by atoms with van der Waals surface area (Å²) in [6.07, 6.45) is 3.83. The summed E-state index contributed by atoms with van der Waals surface area (Å²) in [5.74, 6) is 1.36. The molecule has 3 heterocycles. The smallest absolute Gasteiger partial charge is 0.240 e. The molecule has 0 aromatic heterocycles. The van der Waals surface area contributed by atoms with E-state index in [1.54, 1.807) is 7.11 Å². The third kappa shape index (κ3) is 6.44. The molecule has 2 amide bonds. The molecule has 5 atom stereocenters. The van der Waals surface area contributed by atoms with E-state index in [9.17, 15) is 14.7 Å². The second kappa shape index (κ2) is 13.3. The normalized spacial score (nSPS) is 26.6. The highest BCUT2D eigenvalue weighted by molar-refractivity contribution is 6.91. The fourth-order valence-corrected chi connectivity index (χ4v) is 11.6. The van der Waals surface area contributed by atoms with Gasteiger partial charge < -0.3 is 29.7 Å². The Morgan fingerprint density at radius 2 is 1.83 bits per heavy atom. The highest BCUT2D eigenvalue weighted by Gasteiger charge is 2.51. The van der Waals surface area contributed by atoms with E-state index >= 15 is 0 Å². The number of hydrogen-bond acceptors (Lipinski definition) is 6. The summed E-state index contributed by atoms with van der Waals surface area (Å²) in [5.41, 5.74) is 2.45. The molecule has 3 fully saturated rings. The maximum Gasteiger partial charge on any atom is 0.240 e. The summed E-state index contributed by atoms with van der Waals surface area (Å²) in [5, 5.41) is 14.3. The Balaban J connectivity index is 1.31. The minimum Gasteiger partial charge on any atom is -0.497 e. The van der Waals surface area contributed by atoms with Crippen LogP contribution in [0.5, 0.6) is 5.75 Å². The van der Waals surface area contributed by atoms with Crippen LogP contribution < -0.4 is 20.1 Å². The first-order valence-electron chi connectivity index (χ1n) is 15.5. The molecule has 0 saturated carbocycles. The molecule has 0 spiro atoms. The molecule has 228 valence electrons. The molecule has 9 heteroatoms. The van der Waals surface area contributed by atoms with Gasteiger partial charge in [-0.3, -0.25) is 9.59 Å². The molecule has 0 radical (unpaired) electrons. The zero-order valence-electron chi connectivity index (χ0n) is 25.6. The number of nitrogens with one attached hydrogen (secondary N) is 1. The van der Waals surface area contributed by atoms with Crippen molar-refractivity contribution in [2.75, 3.05) is 44.8 Å². The van der Waals surface area contributed by atoms with Gasteiger partial charge in [0.15, 0.2) is 0 Å². The Morgan fingerprint density at radius 3 is 2.50 bits per heavy atom. The Kier molecular flexibility index (Phi) is 9.72. The molecule has 3 aliphatic rings. The molecule has 2 aromatic carbocycles. The Bertz CT molecular complexity index is 1220. The molecule has 42 heavy (non-hydrogen) atoms. The quantitative estimate of drug-likeness (QED) is 0.411. The number of amides is 2. The van der Waals surface area contributed by atoms with Crippen LogP contribution >= 0.6 is 0 Å². The van der Waals surface area contributed by atoms with Crippen molar-refractivity contribution in [3.05, 3.63) is 54.1 Å². The monoisotopic (exact) mass is 593 g/mol. The van der Waals surface area contributed by atoms with Crippen LogP contribution in [0.15, 0.2) is 48.5 Å². The second-order valence-corrected chi connectivity index (χ2v) is 17.4. The number of ether oxygens (including phenoxy) is 2. The van der Waals surface area contributed by atoms with E-state index in [-0.39, 0.29) is 42.2 Å². The van der Waals surface area contributed by atoms with Crippen LogP contribution in [0, 0.1) is 5.92 Å². The number of hydrogen-bond donors (Lipinski definition) is 2. The number of aryl methyl sites for hydroxylation is 1. The van der Waals surface area contributed by atoms with Gasteiger partial charge in [0, 0.05) is 25.3 Å². The van der Waals surface area contributed by atoms with Crippen molar-refractivity contribution in [3.8, 4) is 5.75 Å². The number of methoxy groups -OCH3 is 1. The lowest BCUT2D eigenvalue weighted by Gasteiger charge is -2.36. The van der Waals surface area contributed by atoms with E-state index in [4.69, 9.17) is 9.47 Å². The van der Waals surface area contributed by atoms with Crippen molar-refractivity contribution in [1.82, 2.24) is 10.2 Å². The van der Waals surface area contributed by atoms with Gasteiger partial charge in [-0.1, -0.05) is 49.5 Å². The number of carbonyl (C=O) groups is 2. The third-order valence-electron chi connectivity index (χ3n) is 9.91. The van der Waals surface area contributed by atoms with Crippen molar-refractivity contribution in [1.29, 1.82) is 0 Å². The predicted octanol–water partition coefficient (Wildman–Crippen LogP) is 3.33. The van der Waals surface area contributed by atoms with E-state index in [1.165, 1.54) is 10.8 Å². The number of aliphatic hydroxyl groups is 1. The summed E-state index contributed by atoms with van der Waals surface area (Å²) in [7, 11) is -0.379. The van der Waals surface area contributed by atoms with Crippen LogP contribution in [0.2, 0.25) is 18.6 Å². The fourth-order valence-electron chi connectivity index (χ4n) is 7.52. The molecular formula is C33H47N3O5Si. The third-order valence-corrected chi connectivity index (χ3v) is 14.3. The lowest BCUT2D eigenvalue weighted by molar-refractivity contribution is -0.135. The van der Waals surface area contributed by atoms with Crippen LogP contribution in [-0.2, 0) is 20.7 Å². The molecule has 0 unspecified atom stereocenters. The van der Waals surface area contributed by atoms with Gasteiger partial charge in [0.05, 0.1) is 53.0 Å². The number of benzene rings is 2. The van der Waals surface area contributed by atoms with Gasteiger partial charge >= 0.3 is 0 Å². The van der Waals surface area contributed by atoms with E-state index in [2.05, 4.69) is 61.7 Å². The zero-order chi connectivity index (χ0) is 29.9. The van der Waals surface area contributed by atoms with Crippen molar-refractivity contribution < 1.29 is 24.2 Å². The van der Waals surface area contributed by atoms with Crippen molar-refractivity contribution in [3.63, 3.8) is 0 Å². The highest BCUT2D eigenvalue weighted by Crippen LogP contribution is 2.46. The SMILES string of the molecule is COc1ccc([Si](C)(C)[C@H]2[C@H](C)[C@H](CCc3ccc(N4CCNCC4=O)cc3)O[C@@H]2CC(=O)N2CCC[C@H]2CO)cc1. The average Bonchev–Trinajstić information content (AvgIpc) is 3.61. The van der Waals surface area contributed by atoms with Crippen molar-refractivity contribution >= 4 is 30.8 Å². The van der Waals surface area contributed by atoms with Gasteiger partial charge in [-0.2, -0.15) is 0 Å². The van der Waals surface area contributed by atoms with E-state index < -0.39 is 8.07 Å². The molecule has 3 saturated heterocycles. The number of likely N-dealkylation sites (tertiary alicyclic amines) is 1. The summed E-state index contributed by atoms with van der Waals surface area (Å²) >= 11 is 0. The van der Waals surface area contributed by atoms with Gasteiger partial charge in [0.1, 0.15) is 5.75 Å². The lowest BCUT2D eigenvalue weighted by Crippen LogP contribution is -2.51. The highest BCUT2D eigenvalue weighted by atomic mass is 28.3. The maximum absolute atomic E-state index is 13.5. The second-order valence-electron chi connectivity index (χ2n) is 12.7. The molecule has 5 rings (SSSR count). The molecule has 8 nitrogen and oxygen atoms in total. The number of piperazine rings is 1. The molecule has 2 N–H and O–H groups in total. The van der Waals surface area contributed by atoms with Crippen molar-refractivity contribution in [2.24, 2.45) is 5.92 Å². The Labute approximate surface area is 251 Å². The first kappa shape index (κ1) is 30.7. The van der Waals surface area contributed by atoms with Gasteiger partial charge in [-0.15, -0.1) is 0 Å². The lowest BCUT2D eigenvalue weighted by atomic mass is 9.95. The largest absolute Gasteiger partial charge is 0.497 e. The van der Waals surface area contributed by atoms with Crippen LogP contribution in [0.3, 0.4) is 0 Å². The van der Waals surface area contributed by atoms with Gasteiger partial charge in [0.25, 0.3) is 0 Å². The van der Waals surface area contributed by atoms with Gasteiger partial charge in [-0.25, -0.2) is 0 Å². The Hall–Kier alpha value is -2.72. The van der Waals surface area contributed by atoms with Crippen LogP contribution in [0.4, 0.5) is 5.69 Å². The number of carbonyl (C=O) groups excluding carboxylic acids is 2. The number of aliphatic hydroxyl groups excluding tert-OH is 1. The molecule has 0 aliphatic carbocycles. The van der Waals surface area contributed by atoms with Crippen molar-refractivity contribution in [2.45, 2.75) is 75.9 Å². The Morgan fingerprint density at radius 1 is 1.10 bits per heavy atom. The predicted molar refractivity (Wildman–Crippen MR) is 168 cm³/mol. The summed E-state index contributed by atoms with van der Waals surface area (Å²) in [6, 6.07) is 16.7. The molecular weight excluding hydrogens is 546 g/mol.